The maximum absolute atomic E-state index is 12.3. The van der Waals surface area contributed by atoms with Gasteiger partial charge in [0, 0.05) is 31.2 Å². The predicted octanol–water partition coefficient (Wildman–Crippen LogP) is 1.90. The quantitative estimate of drug-likeness (QED) is 0.892. The topological polar surface area (TPSA) is 58.4 Å². The molecule has 7 heteroatoms. The summed E-state index contributed by atoms with van der Waals surface area (Å²) >= 11 is 0. The summed E-state index contributed by atoms with van der Waals surface area (Å²) < 4.78 is 36.9. The SMILES string of the molecule is NCc1ccc(C(=O)NC2CCN(CC(F)(F)F)CC2)cc1. The van der Waals surface area contributed by atoms with Crippen LogP contribution in [-0.4, -0.2) is 42.7 Å². The van der Waals surface area contributed by atoms with Crippen molar-refractivity contribution in [2.45, 2.75) is 31.6 Å². The van der Waals surface area contributed by atoms with E-state index in [1.54, 1.807) is 24.3 Å². The lowest BCUT2D eigenvalue weighted by molar-refractivity contribution is -0.148. The van der Waals surface area contributed by atoms with Gasteiger partial charge in [0.2, 0.25) is 0 Å². The summed E-state index contributed by atoms with van der Waals surface area (Å²) in [5.41, 5.74) is 6.98. The molecule has 1 saturated heterocycles. The van der Waals surface area contributed by atoms with Gasteiger partial charge in [-0.2, -0.15) is 13.2 Å². The number of carbonyl (C=O) groups is 1. The van der Waals surface area contributed by atoms with Crippen LogP contribution in [0.4, 0.5) is 13.2 Å². The number of alkyl halides is 3. The Morgan fingerprint density at radius 2 is 1.82 bits per heavy atom. The van der Waals surface area contributed by atoms with Gasteiger partial charge in [-0.05, 0) is 30.5 Å². The zero-order chi connectivity index (χ0) is 16.2. The molecule has 0 radical (unpaired) electrons. The summed E-state index contributed by atoms with van der Waals surface area (Å²) in [4.78, 5) is 13.5. The fourth-order valence-electron chi connectivity index (χ4n) is 2.55. The highest BCUT2D eigenvalue weighted by Gasteiger charge is 2.32. The van der Waals surface area contributed by atoms with Crippen LogP contribution in [0.2, 0.25) is 0 Å². The lowest BCUT2D eigenvalue weighted by atomic mass is 10.0. The van der Waals surface area contributed by atoms with Gasteiger partial charge >= 0.3 is 6.18 Å². The third kappa shape index (κ3) is 4.99. The molecule has 0 bridgehead atoms. The van der Waals surface area contributed by atoms with Gasteiger partial charge in [-0.1, -0.05) is 12.1 Å². The summed E-state index contributed by atoms with van der Waals surface area (Å²) in [6, 6.07) is 6.92. The van der Waals surface area contributed by atoms with Crippen LogP contribution in [0.15, 0.2) is 24.3 Å². The maximum Gasteiger partial charge on any atom is 0.401 e. The van der Waals surface area contributed by atoms with E-state index in [1.807, 2.05) is 0 Å². The molecule has 2 rings (SSSR count). The molecule has 0 atom stereocenters. The second-order valence-electron chi connectivity index (χ2n) is 5.54. The third-order valence-corrected chi connectivity index (χ3v) is 3.78. The Hall–Kier alpha value is -1.60. The number of benzene rings is 1. The summed E-state index contributed by atoms with van der Waals surface area (Å²) in [7, 11) is 0. The normalized spacial score (nSPS) is 17.5. The zero-order valence-electron chi connectivity index (χ0n) is 12.2. The van der Waals surface area contributed by atoms with Crippen molar-refractivity contribution in [1.82, 2.24) is 10.2 Å². The van der Waals surface area contributed by atoms with Crippen LogP contribution >= 0.6 is 0 Å². The van der Waals surface area contributed by atoms with E-state index in [9.17, 15) is 18.0 Å². The first-order valence-electron chi connectivity index (χ1n) is 7.26. The van der Waals surface area contributed by atoms with Crippen molar-refractivity contribution in [3.05, 3.63) is 35.4 Å². The second kappa shape index (κ2) is 7.11. The Labute approximate surface area is 127 Å². The van der Waals surface area contributed by atoms with Crippen LogP contribution in [0.3, 0.4) is 0 Å². The van der Waals surface area contributed by atoms with Gasteiger partial charge < -0.3 is 11.1 Å². The molecular weight excluding hydrogens is 295 g/mol. The molecule has 122 valence electrons. The second-order valence-corrected chi connectivity index (χ2v) is 5.54. The number of nitrogens with two attached hydrogens (primary N) is 1. The van der Waals surface area contributed by atoms with E-state index in [2.05, 4.69) is 5.32 Å². The lowest BCUT2D eigenvalue weighted by Crippen LogP contribution is -2.47. The van der Waals surface area contributed by atoms with E-state index in [-0.39, 0.29) is 11.9 Å². The molecule has 1 aromatic rings. The van der Waals surface area contributed by atoms with Crippen LogP contribution in [-0.2, 0) is 6.54 Å². The van der Waals surface area contributed by atoms with Gasteiger partial charge in [-0.25, -0.2) is 0 Å². The Morgan fingerprint density at radius 1 is 1.23 bits per heavy atom. The number of likely N-dealkylation sites (tertiary alicyclic amines) is 1. The molecule has 1 aliphatic heterocycles. The summed E-state index contributed by atoms with van der Waals surface area (Å²) in [6.45, 7) is 0.223. The van der Waals surface area contributed by atoms with E-state index >= 15 is 0 Å². The van der Waals surface area contributed by atoms with Gasteiger partial charge in [0.05, 0.1) is 6.54 Å². The molecule has 0 aromatic heterocycles. The van der Waals surface area contributed by atoms with E-state index in [0.29, 0.717) is 38.0 Å². The fourth-order valence-corrected chi connectivity index (χ4v) is 2.55. The van der Waals surface area contributed by atoms with Gasteiger partial charge in [-0.3, -0.25) is 9.69 Å². The van der Waals surface area contributed by atoms with Crippen molar-refractivity contribution < 1.29 is 18.0 Å². The largest absolute Gasteiger partial charge is 0.401 e. The highest BCUT2D eigenvalue weighted by atomic mass is 19.4. The first-order chi connectivity index (χ1) is 10.4. The molecule has 0 spiro atoms. The van der Waals surface area contributed by atoms with Crippen molar-refractivity contribution in [3.8, 4) is 0 Å². The van der Waals surface area contributed by atoms with Crippen LogP contribution in [0.25, 0.3) is 0 Å². The molecule has 1 aliphatic rings. The lowest BCUT2D eigenvalue weighted by Gasteiger charge is -2.32. The van der Waals surface area contributed by atoms with Crippen LogP contribution < -0.4 is 11.1 Å². The Morgan fingerprint density at radius 3 is 2.32 bits per heavy atom. The minimum absolute atomic E-state index is 0.0776. The van der Waals surface area contributed by atoms with Gasteiger partial charge in [-0.15, -0.1) is 0 Å². The number of halogens is 3. The Balaban J connectivity index is 1.81. The minimum atomic E-state index is -4.17. The predicted molar refractivity (Wildman–Crippen MR) is 77.3 cm³/mol. The number of rotatable bonds is 4. The maximum atomic E-state index is 12.3. The molecule has 1 amide bonds. The molecule has 0 saturated carbocycles. The molecule has 1 fully saturated rings. The van der Waals surface area contributed by atoms with Crippen LogP contribution in [0, 0.1) is 0 Å². The number of nitrogens with one attached hydrogen (secondary N) is 1. The summed E-state index contributed by atoms with van der Waals surface area (Å²) in [6.07, 6.45) is -3.10. The summed E-state index contributed by atoms with van der Waals surface area (Å²) in [5, 5.41) is 2.88. The minimum Gasteiger partial charge on any atom is -0.349 e. The molecule has 1 heterocycles. The van der Waals surface area contributed by atoms with E-state index in [0.717, 1.165) is 5.56 Å². The standard InChI is InChI=1S/C15H20F3N3O/c16-15(17,18)10-21-7-5-13(6-8-21)20-14(22)12-3-1-11(9-19)2-4-12/h1-4,13H,5-10,19H2,(H,20,22). The summed E-state index contributed by atoms with van der Waals surface area (Å²) in [5.74, 6) is -0.196. The average molecular weight is 315 g/mol. The highest BCUT2D eigenvalue weighted by Crippen LogP contribution is 2.20. The first-order valence-corrected chi connectivity index (χ1v) is 7.26. The number of hydrogen-bond acceptors (Lipinski definition) is 3. The number of nitrogens with zero attached hydrogens (tertiary/aromatic N) is 1. The van der Waals surface area contributed by atoms with Crippen molar-refractivity contribution in [2.24, 2.45) is 5.73 Å². The van der Waals surface area contributed by atoms with Gasteiger partial charge in [0.15, 0.2) is 0 Å². The Kier molecular flexibility index (Phi) is 5.42. The average Bonchev–Trinajstić information content (AvgIpc) is 2.48. The number of amides is 1. The molecule has 0 aliphatic carbocycles. The van der Waals surface area contributed by atoms with E-state index in [4.69, 9.17) is 5.73 Å². The smallest absolute Gasteiger partial charge is 0.349 e. The van der Waals surface area contributed by atoms with Gasteiger partial charge in [0.25, 0.3) is 5.91 Å². The molecule has 0 unspecified atom stereocenters. The zero-order valence-corrected chi connectivity index (χ0v) is 12.2. The van der Waals surface area contributed by atoms with Crippen LogP contribution in [0.5, 0.6) is 0 Å². The molecule has 22 heavy (non-hydrogen) atoms. The monoisotopic (exact) mass is 315 g/mol. The molecule has 1 aromatic carbocycles. The molecule has 4 nitrogen and oxygen atoms in total. The van der Waals surface area contributed by atoms with Crippen molar-refractivity contribution in [1.29, 1.82) is 0 Å². The number of hydrogen-bond donors (Lipinski definition) is 2. The highest BCUT2D eigenvalue weighted by molar-refractivity contribution is 5.94. The van der Waals surface area contributed by atoms with Crippen molar-refractivity contribution in [3.63, 3.8) is 0 Å². The molecular formula is C15H20F3N3O. The number of carbonyl (C=O) groups excluding carboxylic acids is 1. The molecule has 3 N–H and O–H groups in total. The Bertz CT molecular complexity index is 494. The first kappa shape index (κ1) is 16.8. The van der Waals surface area contributed by atoms with E-state index in [1.165, 1.54) is 4.90 Å². The van der Waals surface area contributed by atoms with E-state index < -0.39 is 12.7 Å². The third-order valence-electron chi connectivity index (χ3n) is 3.78. The number of piperidine rings is 1. The van der Waals surface area contributed by atoms with Crippen molar-refractivity contribution >= 4 is 5.91 Å². The van der Waals surface area contributed by atoms with Crippen LogP contribution in [0.1, 0.15) is 28.8 Å². The van der Waals surface area contributed by atoms with Crippen molar-refractivity contribution in [2.75, 3.05) is 19.6 Å². The fraction of sp³-hybridized carbons (Fsp3) is 0.533. The van der Waals surface area contributed by atoms with Gasteiger partial charge in [0.1, 0.15) is 0 Å².